The van der Waals surface area contributed by atoms with E-state index in [0.29, 0.717) is 12.3 Å². The smallest absolute Gasteiger partial charge is 0.150 e. The fraction of sp³-hybridized carbons (Fsp3) is 1.00. The number of hydrogen-bond acceptors (Lipinski definition) is 5. The quantitative estimate of drug-likeness (QED) is 0.516. The van der Waals surface area contributed by atoms with Gasteiger partial charge < -0.3 is 4.74 Å². The van der Waals surface area contributed by atoms with Gasteiger partial charge >= 0.3 is 0 Å². The minimum atomic E-state index is -2.85. The molecule has 0 aromatic heterocycles. The van der Waals surface area contributed by atoms with Crippen LogP contribution in [0.5, 0.6) is 0 Å². The third kappa shape index (κ3) is 5.33. The fourth-order valence-electron chi connectivity index (χ4n) is 2.24. The van der Waals surface area contributed by atoms with E-state index in [-0.39, 0.29) is 17.5 Å². The summed E-state index contributed by atoms with van der Waals surface area (Å²) in [5, 5.41) is 0. The lowest BCUT2D eigenvalue weighted by molar-refractivity contribution is 0.0525. The zero-order valence-corrected chi connectivity index (χ0v) is 11.3. The van der Waals surface area contributed by atoms with Crippen molar-refractivity contribution in [3.05, 3.63) is 0 Å². The van der Waals surface area contributed by atoms with Gasteiger partial charge in [-0.2, -0.15) is 0 Å². The second-order valence-corrected chi connectivity index (χ2v) is 7.07. The third-order valence-electron chi connectivity index (χ3n) is 3.46. The lowest BCUT2D eigenvalue weighted by Crippen LogP contribution is -2.43. The molecule has 0 amide bonds. The van der Waals surface area contributed by atoms with Gasteiger partial charge in [0.1, 0.15) is 9.84 Å². The van der Waals surface area contributed by atoms with Gasteiger partial charge in [0, 0.05) is 25.0 Å². The summed E-state index contributed by atoms with van der Waals surface area (Å²) in [6.45, 7) is 3.26. The average Bonchev–Trinajstić information content (AvgIpc) is 2.36. The molecule has 0 spiro atoms. The third-order valence-corrected chi connectivity index (χ3v) is 5.25. The molecule has 17 heavy (non-hydrogen) atoms. The lowest BCUT2D eigenvalue weighted by Gasteiger charge is -2.29. The van der Waals surface area contributed by atoms with Crippen molar-refractivity contribution in [1.82, 2.24) is 5.43 Å². The molecule has 1 fully saturated rings. The second-order valence-electron chi connectivity index (χ2n) is 4.60. The van der Waals surface area contributed by atoms with Gasteiger partial charge in [-0.15, -0.1) is 0 Å². The molecule has 3 N–H and O–H groups in total. The summed E-state index contributed by atoms with van der Waals surface area (Å²) in [7, 11) is -2.85. The van der Waals surface area contributed by atoms with Crippen LogP contribution in [0.1, 0.15) is 32.6 Å². The predicted molar refractivity (Wildman–Crippen MR) is 68.2 cm³/mol. The van der Waals surface area contributed by atoms with Crippen molar-refractivity contribution in [2.45, 2.75) is 38.6 Å². The minimum Gasteiger partial charge on any atom is -0.381 e. The van der Waals surface area contributed by atoms with Crippen molar-refractivity contribution in [3.63, 3.8) is 0 Å². The molecule has 102 valence electrons. The summed E-state index contributed by atoms with van der Waals surface area (Å²) in [5.74, 6) is 6.55. The van der Waals surface area contributed by atoms with Crippen LogP contribution in [0.2, 0.25) is 0 Å². The highest BCUT2D eigenvalue weighted by Crippen LogP contribution is 2.21. The zero-order chi connectivity index (χ0) is 12.7. The van der Waals surface area contributed by atoms with E-state index < -0.39 is 9.84 Å². The van der Waals surface area contributed by atoms with Crippen LogP contribution in [-0.4, -0.2) is 39.2 Å². The first kappa shape index (κ1) is 14.9. The van der Waals surface area contributed by atoms with Gasteiger partial charge in [-0.25, -0.2) is 8.42 Å². The van der Waals surface area contributed by atoms with Gasteiger partial charge in [0.2, 0.25) is 0 Å². The number of nitrogens with one attached hydrogen (secondary N) is 1. The Morgan fingerprint density at radius 1 is 1.41 bits per heavy atom. The highest BCUT2D eigenvalue weighted by Gasteiger charge is 2.23. The molecule has 1 saturated heterocycles. The Balaban J connectivity index is 2.31. The highest BCUT2D eigenvalue weighted by atomic mass is 32.2. The van der Waals surface area contributed by atoms with Crippen LogP contribution in [0, 0.1) is 5.92 Å². The molecule has 0 radical (unpaired) electrons. The number of hydrogen-bond donors (Lipinski definition) is 2. The predicted octanol–water partition coefficient (Wildman–Crippen LogP) is 0.460. The maximum absolute atomic E-state index is 11.4. The summed E-state index contributed by atoms with van der Waals surface area (Å²) in [5.41, 5.74) is 2.83. The van der Waals surface area contributed by atoms with Crippen molar-refractivity contribution in [2.24, 2.45) is 11.8 Å². The molecule has 0 aromatic rings. The molecule has 0 saturated carbocycles. The van der Waals surface area contributed by atoms with Crippen LogP contribution in [0.4, 0.5) is 0 Å². The first-order chi connectivity index (χ1) is 8.09. The van der Waals surface area contributed by atoms with E-state index in [4.69, 9.17) is 10.6 Å². The van der Waals surface area contributed by atoms with Crippen molar-refractivity contribution in [1.29, 1.82) is 0 Å². The van der Waals surface area contributed by atoms with Crippen LogP contribution in [0.15, 0.2) is 0 Å². The Hall–Kier alpha value is -0.170. The second kappa shape index (κ2) is 7.31. The molecule has 1 unspecified atom stereocenters. The normalized spacial score (nSPS) is 20.4. The Labute approximate surface area is 104 Å². The van der Waals surface area contributed by atoms with Gasteiger partial charge in [0.15, 0.2) is 0 Å². The molecular weight excluding hydrogens is 240 g/mol. The Morgan fingerprint density at radius 3 is 2.59 bits per heavy atom. The van der Waals surface area contributed by atoms with Crippen LogP contribution < -0.4 is 11.3 Å². The molecule has 0 aliphatic carbocycles. The first-order valence-electron chi connectivity index (χ1n) is 6.33. The standard InChI is InChI=1S/C11H24N2O3S/c1-2-17(14,15)9-3-4-11(13-12)10-5-7-16-8-6-10/h10-11,13H,2-9,12H2,1H3. The molecule has 1 heterocycles. The minimum absolute atomic E-state index is 0.214. The number of hydrazine groups is 1. The molecule has 6 heteroatoms. The van der Waals surface area contributed by atoms with E-state index in [0.717, 1.165) is 32.5 Å². The van der Waals surface area contributed by atoms with Crippen LogP contribution in [0.3, 0.4) is 0 Å². The Morgan fingerprint density at radius 2 is 2.06 bits per heavy atom. The zero-order valence-electron chi connectivity index (χ0n) is 10.5. The van der Waals surface area contributed by atoms with E-state index in [1.807, 2.05) is 0 Å². The molecule has 0 bridgehead atoms. The van der Waals surface area contributed by atoms with Gasteiger partial charge in [-0.05, 0) is 31.6 Å². The number of ether oxygens (including phenoxy) is 1. The molecule has 0 aromatic carbocycles. The summed E-state index contributed by atoms with van der Waals surface area (Å²) in [6.07, 6.45) is 3.52. The summed E-state index contributed by atoms with van der Waals surface area (Å²) >= 11 is 0. The van der Waals surface area contributed by atoms with Crippen LogP contribution in [-0.2, 0) is 14.6 Å². The van der Waals surface area contributed by atoms with Crippen LogP contribution in [0.25, 0.3) is 0 Å². The van der Waals surface area contributed by atoms with E-state index >= 15 is 0 Å². The summed E-state index contributed by atoms with van der Waals surface area (Å²) in [4.78, 5) is 0. The van der Waals surface area contributed by atoms with Crippen LogP contribution >= 0.6 is 0 Å². The summed E-state index contributed by atoms with van der Waals surface area (Å²) < 4.78 is 28.1. The van der Waals surface area contributed by atoms with E-state index in [9.17, 15) is 8.42 Å². The number of nitrogens with two attached hydrogens (primary N) is 1. The lowest BCUT2D eigenvalue weighted by atomic mass is 9.89. The van der Waals surface area contributed by atoms with Gasteiger partial charge in [-0.3, -0.25) is 11.3 Å². The Bertz CT molecular complexity index is 300. The molecule has 1 rings (SSSR count). The summed E-state index contributed by atoms with van der Waals surface area (Å²) in [6, 6.07) is 0.214. The van der Waals surface area contributed by atoms with Crippen molar-refractivity contribution >= 4 is 9.84 Å². The average molecular weight is 264 g/mol. The van der Waals surface area contributed by atoms with Gasteiger partial charge in [0.25, 0.3) is 0 Å². The maximum Gasteiger partial charge on any atom is 0.150 e. The molecule has 1 atom stereocenters. The SMILES string of the molecule is CCS(=O)(=O)CCCC(NN)C1CCOCC1. The topological polar surface area (TPSA) is 81.4 Å². The molecular formula is C11H24N2O3S. The number of rotatable bonds is 7. The van der Waals surface area contributed by atoms with E-state index in [2.05, 4.69) is 5.43 Å². The van der Waals surface area contributed by atoms with Crippen molar-refractivity contribution in [3.8, 4) is 0 Å². The molecule has 1 aliphatic heterocycles. The highest BCUT2D eigenvalue weighted by molar-refractivity contribution is 7.91. The van der Waals surface area contributed by atoms with Crippen molar-refractivity contribution in [2.75, 3.05) is 24.7 Å². The largest absolute Gasteiger partial charge is 0.381 e. The molecule has 1 aliphatic rings. The van der Waals surface area contributed by atoms with Gasteiger partial charge in [-0.1, -0.05) is 6.92 Å². The first-order valence-corrected chi connectivity index (χ1v) is 8.15. The fourth-order valence-corrected chi connectivity index (χ4v) is 3.14. The maximum atomic E-state index is 11.4. The Kier molecular flexibility index (Phi) is 6.40. The number of sulfone groups is 1. The van der Waals surface area contributed by atoms with E-state index in [1.54, 1.807) is 6.92 Å². The molecule has 5 nitrogen and oxygen atoms in total. The van der Waals surface area contributed by atoms with E-state index in [1.165, 1.54) is 0 Å². The monoisotopic (exact) mass is 264 g/mol. The van der Waals surface area contributed by atoms with Gasteiger partial charge in [0.05, 0.1) is 5.75 Å². The van der Waals surface area contributed by atoms with Crippen molar-refractivity contribution < 1.29 is 13.2 Å².